The molecule has 0 spiro atoms. The summed E-state index contributed by atoms with van der Waals surface area (Å²) in [5.74, 6) is 0.301. The minimum atomic E-state index is -3.32. The Morgan fingerprint density at radius 3 is 2.81 bits per heavy atom. The van der Waals surface area contributed by atoms with Crippen molar-refractivity contribution in [3.63, 3.8) is 0 Å². The van der Waals surface area contributed by atoms with E-state index in [9.17, 15) is 13.2 Å². The molecule has 1 rings (SSSR count). The van der Waals surface area contributed by atoms with Crippen LogP contribution in [0.4, 0.5) is 0 Å². The minimum Gasteiger partial charge on any atom is -0.353 e. The van der Waals surface area contributed by atoms with Crippen LogP contribution in [0.15, 0.2) is 0 Å². The first-order valence-electron chi connectivity index (χ1n) is 5.32. The fourth-order valence-corrected chi connectivity index (χ4v) is 3.58. The van der Waals surface area contributed by atoms with Gasteiger partial charge in [0.1, 0.15) is 6.04 Å². The van der Waals surface area contributed by atoms with Crippen molar-refractivity contribution in [1.29, 1.82) is 0 Å². The van der Waals surface area contributed by atoms with Crippen molar-refractivity contribution < 1.29 is 13.2 Å². The molecule has 0 aromatic rings. The molecule has 1 N–H and O–H groups in total. The Hall–Kier alpha value is -0.330. The number of piperazine rings is 1. The highest BCUT2D eigenvalue weighted by atomic mass is 35.5. The lowest BCUT2D eigenvalue weighted by atomic mass is 10.2. The smallest absolute Gasteiger partial charge is 0.238 e. The molecule has 1 atom stereocenters. The molecule has 1 aliphatic rings. The maximum atomic E-state index is 11.9. The van der Waals surface area contributed by atoms with E-state index in [1.54, 1.807) is 6.92 Å². The summed E-state index contributed by atoms with van der Waals surface area (Å²) in [6.07, 6.45) is 1.21. The van der Waals surface area contributed by atoms with Crippen molar-refractivity contribution in [2.24, 2.45) is 0 Å². The Morgan fingerprint density at radius 2 is 2.19 bits per heavy atom. The van der Waals surface area contributed by atoms with E-state index in [1.807, 2.05) is 0 Å². The SMILES string of the molecule is CC1C(=O)NCCN1S(=O)(=O)CCCCCl. The third-order valence-electron chi connectivity index (χ3n) is 2.59. The molecule has 0 saturated carbocycles. The molecule has 94 valence electrons. The zero-order valence-electron chi connectivity index (χ0n) is 9.28. The molecule has 0 aromatic carbocycles. The molecule has 0 aliphatic carbocycles. The number of amides is 1. The quantitative estimate of drug-likeness (QED) is 0.570. The third kappa shape index (κ3) is 3.33. The summed E-state index contributed by atoms with van der Waals surface area (Å²) in [5.41, 5.74) is 0. The first kappa shape index (κ1) is 13.7. The second-order valence-electron chi connectivity index (χ2n) is 3.79. The van der Waals surface area contributed by atoms with Gasteiger partial charge < -0.3 is 5.32 Å². The van der Waals surface area contributed by atoms with Crippen molar-refractivity contribution in [2.45, 2.75) is 25.8 Å². The summed E-state index contributed by atoms with van der Waals surface area (Å²) < 4.78 is 25.1. The van der Waals surface area contributed by atoms with E-state index in [4.69, 9.17) is 11.6 Å². The van der Waals surface area contributed by atoms with Crippen LogP contribution in [0.3, 0.4) is 0 Å². The van der Waals surface area contributed by atoms with Gasteiger partial charge in [-0.1, -0.05) is 0 Å². The number of unbranched alkanes of at least 4 members (excludes halogenated alkanes) is 1. The second-order valence-corrected chi connectivity index (χ2v) is 6.21. The molecular formula is C9H17ClN2O3S. The van der Waals surface area contributed by atoms with Gasteiger partial charge in [0.25, 0.3) is 0 Å². The van der Waals surface area contributed by atoms with E-state index in [-0.39, 0.29) is 11.7 Å². The third-order valence-corrected chi connectivity index (χ3v) is 4.87. The maximum absolute atomic E-state index is 11.9. The summed E-state index contributed by atoms with van der Waals surface area (Å²) >= 11 is 5.50. The van der Waals surface area contributed by atoms with Crippen LogP contribution in [0.25, 0.3) is 0 Å². The normalized spacial score (nSPS) is 23.1. The predicted molar refractivity (Wildman–Crippen MR) is 62.9 cm³/mol. The summed E-state index contributed by atoms with van der Waals surface area (Å²) in [6.45, 7) is 2.35. The van der Waals surface area contributed by atoms with Crippen LogP contribution in [0.2, 0.25) is 0 Å². The van der Waals surface area contributed by atoms with Gasteiger partial charge in [0.15, 0.2) is 0 Å². The van der Waals surface area contributed by atoms with Gasteiger partial charge in [-0.3, -0.25) is 4.79 Å². The monoisotopic (exact) mass is 268 g/mol. The van der Waals surface area contributed by atoms with Gasteiger partial charge in [-0.2, -0.15) is 4.31 Å². The van der Waals surface area contributed by atoms with Crippen molar-refractivity contribution in [1.82, 2.24) is 9.62 Å². The number of sulfonamides is 1. The number of nitrogens with zero attached hydrogens (tertiary/aromatic N) is 1. The number of hydrogen-bond donors (Lipinski definition) is 1. The van der Waals surface area contributed by atoms with Gasteiger partial charge in [0.05, 0.1) is 5.75 Å². The van der Waals surface area contributed by atoms with Gasteiger partial charge in [-0.15, -0.1) is 11.6 Å². The fourth-order valence-electron chi connectivity index (χ4n) is 1.64. The second kappa shape index (κ2) is 5.84. The fraction of sp³-hybridized carbons (Fsp3) is 0.889. The Kier molecular flexibility index (Phi) is 5.01. The highest BCUT2D eigenvalue weighted by Crippen LogP contribution is 2.12. The van der Waals surface area contributed by atoms with E-state index >= 15 is 0 Å². The van der Waals surface area contributed by atoms with Crippen LogP contribution in [-0.2, 0) is 14.8 Å². The zero-order valence-corrected chi connectivity index (χ0v) is 10.9. The van der Waals surface area contributed by atoms with Gasteiger partial charge in [-0.25, -0.2) is 8.42 Å². The van der Waals surface area contributed by atoms with Crippen LogP contribution in [0, 0.1) is 0 Å². The zero-order chi connectivity index (χ0) is 12.2. The number of rotatable bonds is 5. The summed E-state index contributed by atoms with van der Waals surface area (Å²) in [4.78, 5) is 11.3. The van der Waals surface area contributed by atoms with Gasteiger partial charge in [0, 0.05) is 19.0 Å². The molecule has 5 nitrogen and oxygen atoms in total. The first-order chi connectivity index (χ1) is 7.49. The Morgan fingerprint density at radius 1 is 1.50 bits per heavy atom. The van der Waals surface area contributed by atoms with Crippen LogP contribution in [-0.4, -0.2) is 49.4 Å². The van der Waals surface area contributed by atoms with E-state index in [1.165, 1.54) is 4.31 Å². The van der Waals surface area contributed by atoms with Crippen LogP contribution >= 0.6 is 11.6 Å². The van der Waals surface area contributed by atoms with Crippen LogP contribution < -0.4 is 5.32 Å². The van der Waals surface area contributed by atoms with Gasteiger partial charge in [0.2, 0.25) is 15.9 Å². The molecule has 0 bridgehead atoms. The van der Waals surface area contributed by atoms with Gasteiger partial charge in [-0.05, 0) is 19.8 Å². The molecule has 1 amide bonds. The number of nitrogens with one attached hydrogen (secondary N) is 1. The molecule has 7 heteroatoms. The molecule has 0 radical (unpaired) electrons. The molecule has 1 heterocycles. The van der Waals surface area contributed by atoms with Crippen molar-refractivity contribution in [2.75, 3.05) is 24.7 Å². The highest BCUT2D eigenvalue weighted by Gasteiger charge is 2.33. The predicted octanol–water partition coefficient (Wildman–Crippen LogP) is 0.155. The number of alkyl halides is 1. The van der Waals surface area contributed by atoms with Crippen molar-refractivity contribution >= 4 is 27.5 Å². The van der Waals surface area contributed by atoms with Gasteiger partial charge >= 0.3 is 0 Å². The Balaban J connectivity index is 2.63. The molecule has 1 saturated heterocycles. The average molecular weight is 269 g/mol. The number of hydrogen-bond acceptors (Lipinski definition) is 3. The molecule has 1 aliphatic heterocycles. The average Bonchev–Trinajstić information content (AvgIpc) is 2.22. The summed E-state index contributed by atoms with van der Waals surface area (Å²) in [6, 6.07) is -0.602. The maximum Gasteiger partial charge on any atom is 0.238 e. The lowest BCUT2D eigenvalue weighted by Crippen LogP contribution is -2.56. The van der Waals surface area contributed by atoms with E-state index < -0.39 is 16.1 Å². The van der Waals surface area contributed by atoms with E-state index in [0.29, 0.717) is 31.8 Å². The van der Waals surface area contributed by atoms with Crippen LogP contribution in [0.1, 0.15) is 19.8 Å². The Bertz CT molecular complexity index is 345. The van der Waals surface area contributed by atoms with E-state index in [2.05, 4.69) is 5.32 Å². The molecule has 1 fully saturated rings. The lowest BCUT2D eigenvalue weighted by Gasteiger charge is -2.31. The number of carbonyl (C=O) groups is 1. The van der Waals surface area contributed by atoms with E-state index in [0.717, 1.165) is 0 Å². The highest BCUT2D eigenvalue weighted by molar-refractivity contribution is 7.89. The van der Waals surface area contributed by atoms with Crippen LogP contribution in [0.5, 0.6) is 0 Å². The summed E-state index contributed by atoms with van der Waals surface area (Å²) in [7, 11) is -3.32. The van der Waals surface area contributed by atoms with Crippen molar-refractivity contribution in [3.05, 3.63) is 0 Å². The number of carbonyl (C=O) groups excluding carboxylic acids is 1. The first-order valence-corrected chi connectivity index (χ1v) is 7.46. The molecule has 0 aromatic heterocycles. The topological polar surface area (TPSA) is 66.5 Å². The largest absolute Gasteiger partial charge is 0.353 e. The standard InChI is InChI=1S/C9H17ClN2O3S/c1-8-9(13)11-5-6-12(8)16(14,15)7-3-2-4-10/h8H,2-7H2,1H3,(H,11,13). The Labute approximate surface area is 101 Å². The number of halogens is 1. The molecule has 16 heavy (non-hydrogen) atoms. The molecule has 1 unspecified atom stereocenters. The lowest BCUT2D eigenvalue weighted by molar-refractivity contribution is -0.126. The molecular weight excluding hydrogens is 252 g/mol. The van der Waals surface area contributed by atoms with Crippen molar-refractivity contribution in [3.8, 4) is 0 Å². The summed E-state index contributed by atoms with van der Waals surface area (Å²) in [5, 5.41) is 2.63. The minimum absolute atomic E-state index is 0.0668.